The van der Waals surface area contributed by atoms with Gasteiger partial charge in [-0.25, -0.2) is 4.98 Å². The number of para-hydroxylation sites is 1. The van der Waals surface area contributed by atoms with Gasteiger partial charge in [-0.2, -0.15) is 0 Å². The van der Waals surface area contributed by atoms with Gasteiger partial charge >= 0.3 is 0 Å². The molecule has 3 rings (SSSR count). The van der Waals surface area contributed by atoms with Crippen LogP contribution < -0.4 is 10.6 Å². The van der Waals surface area contributed by atoms with Crippen molar-refractivity contribution in [3.05, 3.63) is 82.7 Å². The summed E-state index contributed by atoms with van der Waals surface area (Å²) >= 11 is 3.48. The minimum Gasteiger partial charge on any atom is -0.348 e. The maximum Gasteiger partial charge on any atom is 0.251 e. The van der Waals surface area contributed by atoms with Crippen molar-refractivity contribution in [2.75, 3.05) is 5.32 Å². The average Bonchev–Trinajstić information content (AvgIpc) is 2.63. The minimum absolute atomic E-state index is 0.149. The van der Waals surface area contributed by atoms with Crippen molar-refractivity contribution >= 4 is 33.3 Å². The number of aromatic nitrogens is 2. The second kappa shape index (κ2) is 7.70. The molecule has 3 aromatic rings. The molecule has 0 atom stereocenters. The highest BCUT2D eigenvalue weighted by atomic mass is 79.9. The van der Waals surface area contributed by atoms with Gasteiger partial charge in [0.1, 0.15) is 5.82 Å². The zero-order valence-electron chi connectivity index (χ0n) is 12.7. The maximum absolute atomic E-state index is 12.3. The van der Waals surface area contributed by atoms with Crippen LogP contribution in [0.5, 0.6) is 0 Å². The van der Waals surface area contributed by atoms with Crippen molar-refractivity contribution in [3.63, 3.8) is 0 Å². The topological polar surface area (TPSA) is 66.9 Å². The second-order valence-corrected chi connectivity index (χ2v) is 5.93. The van der Waals surface area contributed by atoms with Crippen molar-refractivity contribution < 1.29 is 4.79 Å². The molecule has 5 nitrogen and oxygen atoms in total. The number of hydrogen-bond acceptors (Lipinski definition) is 4. The van der Waals surface area contributed by atoms with E-state index in [-0.39, 0.29) is 5.91 Å². The van der Waals surface area contributed by atoms with Gasteiger partial charge in [-0.3, -0.25) is 9.78 Å². The Morgan fingerprint density at radius 3 is 2.62 bits per heavy atom. The fourth-order valence-electron chi connectivity index (χ4n) is 2.13. The number of pyridine rings is 2. The van der Waals surface area contributed by atoms with Crippen LogP contribution >= 0.6 is 15.9 Å². The summed E-state index contributed by atoms with van der Waals surface area (Å²) in [4.78, 5) is 20.5. The van der Waals surface area contributed by atoms with Gasteiger partial charge < -0.3 is 10.6 Å². The van der Waals surface area contributed by atoms with Gasteiger partial charge in [-0.15, -0.1) is 0 Å². The molecule has 0 bridgehead atoms. The van der Waals surface area contributed by atoms with E-state index in [0.717, 1.165) is 15.7 Å². The number of carbonyl (C=O) groups excluding carboxylic acids is 1. The molecule has 0 spiro atoms. The molecule has 0 saturated heterocycles. The summed E-state index contributed by atoms with van der Waals surface area (Å²) in [5, 5.41) is 6.08. The van der Waals surface area contributed by atoms with Gasteiger partial charge in [-0.1, -0.05) is 12.1 Å². The molecule has 0 fully saturated rings. The summed E-state index contributed by atoms with van der Waals surface area (Å²) < 4.78 is 0.930. The van der Waals surface area contributed by atoms with Crippen LogP contribution in [0.25, 0.3) is 0 Å². The molecule has 1 aromatic carbocycles. The van der Waals surface area contributed by atoms with Gasteiger partial charge in [0.15, 0.2) is 0 Å². The molecule has 1 amide bonds. The van der Waals surface area contributed by atoms with Gasteiger partial charge in [0.2, 0.25) is 0 Å². The highest BCUT2D eigenvalue weighted by Gasteiger charge is 2.08. The predicted octanol–water partition coefficient (Wildman–Crippen LogP) is 3.91. The number of anilines is 2. The summed E-state index contributed by atoms with van der Waals surface area (Å²) in [5.74, 6) is 0.461. The molecule has 6 heteroatoms. The first-order chi connectivity index (χ1) is 11.7. The normalized spacial score (nSPS) is 10.2. The van der Waals surface area contributed by atoms with Crippen LogP contribution in [-0.4, -0.2) is 15.9 Å². The number of amides is 1. The Balaban J connectivity index is 1.68. The molecule has 2 aromatic heterocycles. The van der Waals surface area contributed by atoms with Crippen LogP contribution in [0.3, 0.4) is 0 Å². The van der Waals surface area contributed by atoms with E-state index in [9.17, 15) is 4.79 Å². The Morgan fingerprint density at radius 1 is 1.04 bits per heavy atom. The van der Waals surface area contributed by atoms with E-state index < -0.39 is 0 Å². The molecule has 24 heavy (non-hydrogen) atoms. The highest BCUT2D eigenvalue weighted by Crippen LogP contribution is 2.24. The van der Waals surface area contributed by atoms with E-state index in [1.165, 1.54) is 0 Å². The second-order valence-electron chi connectivity index (χ2n) is 5.07. The number of hydrogen-bond donors (Lipinski definition) is 2. The van der Waals surface area contributed by atoms with Gasteiger partial charge in [0, 0.05) is 35.2 Å². The van der Waals surface area contributed by atoms with Crippen molar-refractivity contribution in [1.29, 1.82) is 0 Å². The lowest BCUT2D eigenvalue weighted by Gasteiger charge is -2.09. The molecular formula is C18H15BrN4O. The zero-order chi connectivity index (χ0) is 16.8. The number of nitrogens with one attached hydrogen (secondary N) is 2. The van der Waals surface area contributed by atoms with E-state index in [4.69, 9.17) is 0 Å². The Kier molecular flexibility index (Phi) is 5.18. The van der Waals surface area contributed by atoms with Gasteiger partial charge in [0.25, 0.3) is 5.91 Å². The Morgan fingerprint density at radius 2 is 1.83 bits per heavy atom. The predicted molar refractivity (Wildman–Crippen MR) is 97.1 cm³/mol. The molecule has 2 heterocycles. The van der Waals surface area contributed by atoms with E-state index in [2.05, 4.69) is 36.5 Å². The van der Waals surface area contributed by atoms with E-state index in [1.54, 1.807) is 30.7 Å². The molecule has 2 N–H and O–H groups in total. The lowest BCUT2D eigenvalue weighted by molar-refractivity contribution is 0.0951. The van der Waals surface area contributed by atoms with Crippen LogP contribution in [0, 0.1) is 0 Å². The first-order valence-electron chi connectivity index (χ1n) is 7.37. The lowest BCUT2D eigenvalue weighted by atomic mass is 10.2. The number of rotatable bonds is 5. The van der Waals surface area contributed by atoms with E-state index in [0.29, 0.717) is 17.9 Å². The summed E-state index contributed by atoms with van der Waals surface area (Å²) in [5.41, 5.74) is 2.44. The molecule has 0 aliphatic heterocycles. The zero-order valence-corrected chi connectivity index (χ0v) is 14.3. The summed E-state index contributed by atoms with van der Waals surface area (Å²) in [6.07, 6.45) is 5.02. The minimum atomic E-state index is -0.149. The summed E-state index contributed by atoms with van der Waals surface area (Å²) in [7, 11) is 0. The smallest absolute Gasteiger partial charge is 0.251 e. The maximum atomic E-state index is 12.3. The summed E-state index contributed by atoms with van der Waals surface area (Å²) in [6, 6.07) is 14.9. The molecule has 0 radical (unpaired) electrons. The van der Waals surface area contributed by atoms with E-state index in [1.807, 2.05) is 36.4 Å². The molecular weight excluding hydrogens is 368 g/mol. The average molecular weight is 383 g/mol. The monoisotopic (exact) mass is 382 g/mol. The van der Waals surface area contributed by atoms with Gasteiger partial charge in [-0.05, 0) is 57.9 Å². The van der Waals surface area contributed by atoms with Crippen molar-refractivity contribution in [2.24, 2.45) is 0 Å². The Bertz CT molecular complexity index is 839. The van der Waals surface area contributed by atoms with Gasteiger partial charge in [0.05, 0.1) is 5.69 Å². The third kappa shape index (κ3) is 4.17. The largest absolute Gasteiger partial charge is 0.348 e. The summed E-state index contributed by atoms with van der Waals surface area (Å²) in [6.45, 7) is 0.455. The SMILES string of the molecule is O=C(NCc1ccncc1)c1ccnc(Nc2ccccc2Br)c1. The molecule has 0 aliphatic carbocycles. The molecule has 0 aliphatic rings. The fourth-order valence-corrected chi connectivity index (χ4v) is 2.51. The number of carbonyl (C=O) groups is 1. The molecule has 120 valence electrons. The van der Waals surface area contributed by atoms with E-state index >= 15 is 0 Å². The van der Waals surface area contributed by atoms with Crippen LogP contribution in [-0.2, 0) is 6.54 Å². The van der Waals surface area contributed by atoms with Crippen LogP contribution in [0.4, 0.5) is 11.5 Å². The first kappa shape index (κ1) is 16.1. The third-order valence-corrected chi connectivity index (χ3v) is 4.05. The quantitative estimate of drug-likeness (QED) is 0.701. The number of benzene rings is 1. The third-order valence-electron chi connectivity index (χ3n) is 3.36. The van der Waals surface area contributed by atoms with Crippen molar-refractivity contribution in [3.8, 4) is 0 Å². The van der Waals surface area contributed by atoms with Crippen LogP contribution in [0.1, 0.15) is 15.9 Å². The standard InChI is InChI=1S/C18H15BrN4O/c19-15-3-1-2-4-16(15)23-17-11-14(7-10-21-17)18(24)22-12-13-5-8-20-9-6-13/h1-11H,12H2,(H,21,23)(H,22,24). The van der Waals surface area contributed by atoms with Crippen LogP contribution in [0.15, 0.2) is 71.6 Å². The fraction of sp³-hybridized carbons (Fsp3) is 0.0556. The van der Waals surface area contributed by atoms with Crippen molar-refractivity contribution in [1.82, 2.24) is 15.3 Å². The van der Waals surface area contributed by atoms with Crippen LogP contribution in [0.2, 0.25) is 0 Å². The molecule has 0 saturated carbocycles. The van der Waals surface area contributed by atoms with Crippen molar-refractivity contribution in [2.45, 2.75) is 6.54 Å². The Hall–Kier alpha value is -2.73. The molecule has 0 unspecified atom stereocenters. The lowest BCUT2D eigenvalue weighted by Crippen LogP contribution is -2.22. The number of nitrogens with zero attached hydrogens (tertiary/aromatic N) is 2. The number of halogens is 1. The highest BCUT2D eigenvalue weighted by molar-refractivity contribution is 9.10. The Labute approximate surface area is 148 Å². The first-order valence-corrected chi connectivity index (χ1v) is 8.16.